The zero-order valence-corrected chi connectivity index (χ0v) is 7.92. The molecule has 0 bridgehead atoms. The average Bonchev–Trinajstić information content (AvgIpc) is 1.82. The third kappa shape index (κ3) is 5.97. The first-order valence-corrected chi connectivity index (χ1v) is 3.82. The van der Waals surface area contributed by atoms with Gasteiger partial charge >= 0.3 is 6.09 Å². The van der Waals surface area contributed by atoms with E-state index in [0.717, 1.165) is 6.61 Å². The highest BCUT2D eigenvalue weighted by Gasteiger charge is 2.17. The van der Waals surface area contributed by atoms with Gasteiger partial charge in [-0.05, 0) is 27.7 Å². The summed E-state index contributed by atoms with van der Waals surface area (Å²) >= 11 is 0. The first-order valence-electron chi connectivity index (χ1n) is 3.82. The van der Waals surface area contributed by atoms with Gasteiger partial charge < -0.3 is 15.2 Å². The summed E-state index contributed by atoms with van der Waals surface area (Å²) in [6.45, 7) is 7.87. The summed E-state index contributed by atoms with van der Waals surface area (Å²) in [7, 11) is 0. The fourth-order valence-corrected chi connectivity index (χ4v) is 0.531. The molecular weight excluding hydrogens is 158 g/mol. The number of ether oxygens (including phenoxy) is 1. The number of aliphatic hydroxyl groups excluding tert-OH is 1. The van der Waals surface area contributed by atoms with Crippen molar-refractivity contribution in [1.29, 1.82) is 0 Å². The van der Waals surface area contributed by atoms with Crippen LogP contribution in [0, 0.1) is 6.61 Å². The van der Waals surface area contributed by atoms with Crippen molar-refractivity contribution >= 4 is 6.09 Å². The van der Waals surface area contributed by atoms with Crippen LogP contribution in [-0.4, -0.2) is 22.8 Å². The number of carbonyl (C=O) groups is 1. The summed E-state index contributed by atoms with van der Waals surface area (Å²) in [5, 5.41) is 10.9. The van der Waals surface area contributed by atoms with Crippen LogP contribution in [-0.2, 0) is 4.74 Å². The highest BCUT2D eigenvalue weighted by molar-refractivity contribution is 5.68. The summed E-state index contributed by atoms with van der Waals surface area (Å²) < 4.78 is 4.93. The first-order chi connectivity index (χ1) is 5.35. The molecule has 1 amide bonds. The van der Waals surface area contributed by atoms with E-state index in [0.29, 0.717) is 0 Å². The number of rotatable bonds is 2. The average molecular weight is 174 g/mol. The summed E-state index contributed by atoms with van der Waals surface area (Å²) in [6, 6.07) is -0.389. The Morgan fingerprint density at radius 1 is 1.58 bits per heavy atom. The van der Waals surface area contributed by atoms with Gasteiger partial charge in [-0.3, -0.25) is 0 Å². The van der Waals surface area contributed by atoms with Crippen LogP contribution >= 0.6 is 0 Å². The lowest BCUT2D eigenvalue weighted by Crippen LogP contribution is -2.37. The lowest BCUT2D eigenvalue weighted by atomic mass is 10.2. The maximum absolute atomic E-state index is 11.0. The van der Waals surface area contributed by atoms with Gasteiger partial charge in [-0.1, -0.05) is 0 Å². The van der Waals surface area contributed by atoms with Gasteiger partial charge in [0.2, 0.25) is 0 Å². The molecule has 0 aromatic carbocycles. The summed E-state index contributed by atoms with van der Waals surface area (Å²) in [5.74, 6) is 0. The van der Waals surface area contributed by atoms with Gasteiger partial charge in [-0.2, -0.15) is 0 Å². The molecule has 4 nitrogen and oxygen atoms in total. The topological polar surface area (TPSA) is 58.6 Å². The molecule has 0 aliphatic rings. The lowest BCUT2D eigenvalue weighted by Gasteiger charge is -2.21. The van der Waals surface area contributed by atoms with Crippen molar-refractivity contribution < 1.29 is 14.6 Å². The van der Waals surface area contributed by atoms with Crippen LogP contribution in [0.3, 0.4) is 0 Å². The maximum atomic E-state index is 11.0. The van der Waals surface area contributed by atoms with E-state index >= 15 is 0 Å². The van der Waals surface area contributed by atoms with Crippen molar-refractivity contribution in [2.75, 3.05) is 0 Å². The Morgan fingerprint density at radius 3 is 2.42 bits per heavy atom. The van der Waals surface area contributed by atoms with Crippen LogP contribution in [0.5, 0.6) is 0 Å². The second kappa shape index (κ2) is 4.30. The molecule has 0 aliphatic carbocycles. The zero-order chi connectivity index (χ0) is 9.78. The number of nitrogens with one attached hydrogen (secondary N) is 1. The van der Waals surface area contributed by atoms with Crippen molar-refractivity contribution in [3.63, 3.8) is 0 Å². The fourth-order valence-electron chi connectivity index (χ4n) is 0.531. The molecule has 71 valence electrons. The van der Waals surface area contributed by atoms with Crippen LogP contribution in [0.1, 0.15) is 27.7 Å². The Bertz CT molecular complexity index is 151. The quantitative estimate of drug-likeness (QED) is 0.665. The van der Waals surface area contributed by atoms with E-state index in [1.807, 2.05) is 0 Å². The van der Waals surface area contributed by atoms with E-state index in [1.165, 1.54) is 0 Å². The molecule has 1 atom stereocenters. The number of alkyl carbamates (subject to hydrolysis) is 1. The summed E-state index contributed by atoms with van der Waals surface area (Å²) in [4.78, 5) is 11.0. The van der Waals surface area contributed by atoms with Crippen molar-refractivity contribution in [2.45, 2.75) is 39.3 Å². The second-order valence-electron chi connectivity index (χ2n) is 3.58. The van der Waals surface area contributed by atoms with Gasteiger partial charge in [0, 0.05) is 0 Å². The molecule has 4 heteroatoms. The molecule has 2 N–H and O–H groups in total. The third-order valence-corrected chi connectivity index (χ3v) is 0.968. The van der Waals surface area contributed by atoms with Crippen LogP contribution in [0.2, 0.25) is 0 Å². The highest BCUT2D eigenvalue weighted by Crippen LogP contribution is 2.06. The monoisotopic (exact) mass is 174 g/mol. The molecule has 0 aliphatic heterocycles. The Kier molecular flexibility index (Phi) is 4.03. The molecule has 0 rings (SSSR count). The minimum absolute atomic E-state index is 0.389. The molecular formula is C8H16NO3. The van der Waals surface area contributed by atoms with Crippen LogP contribution in [0.15, 0.2) is 0 Å². The standard InChI is InChI=1S/C8H16NO3/c1-6(5-10)9-7(11)12-8(2,3)4/h5-6,10H,1-4H3,(H,9,11)/t6-/m0/s1. The maximum Gasteiger partial charge on any atom is 0.407 e. The van der Waals surface area contributed by atoms with E-state index in [-0.39, 0.29) is 6.04 Å². The zero-order valence-electron chi connectivity index (χ0n) is 7.92. The van der Waals surface area contributed by atoms with Crippen LogP contribution < -0.4 is 5.32 Å². The van der Waals surface area contributed by atoms with Gasteiger partial charge in [0.1, 0.15) is 12.2 Å². The number of amides is 1. The Labute approximate surface area is 72.9 Å². The summed E-state index contributed by atoms with van der Waals surface area (Å²) in [6.07, 6.45) is -0.528. The molecule has 0 heterocycles. The largest absolute Gasteiger partial charge is 0.444 e. The van der Waals surface area contributed by atoms with Crippen molar-refractivity contribution in [1.82, 2.24) is 5.32 Å². The lowest BCUT2D eigenvalue weighted by molar-refractivity contribution is 0.0504. The fraction of sp³-hybridized carbons (Fsp3) is 0.750. The van der Waals surface area contributed by atoms with Crippen molar-refractivity contribution in [3.05, 3.63) is 6.61 Å². The molecule has 0 aromatic rings. The molecule has 0 saturated heterocycles. The van der Waals surface area contributed by atoms with Crippen LogP contribution in [0.4, 0.5) is 4.79 Å². The Hall–Kier alpha value is -0.770. The van der Waals surface area contributed by atoms with E-state index in [4.69, 9.17) is 9.84 Å². The van der Waals surface area contributed by atoms with E-state index < -0.39 is 11.7 Å². The molecule has 0 fully saturated rings. The molecule has 0 spiro atoms. The van der Waals surface area contributed by atoms with E-state index in [1.54, 1.807) is 27.7 Å². The molecule has 12 heavy (non-hydrogen) atoms. The van der Waals surface area contributed by atoms with Gasteiger partial charge in [-0.25, -0.2) is 4.79 Å². The van der Waals surface area contributed by atoms with Gasteiger partial charge in [-0.15, -0.1) is 0 Å². The van der Waals surface area contributed by atoms with E-state index in [9.17, 15) is 4.79 Å². The normalized spacial score (nSPS) is 13.8. The highest BCUT2D eigenvalue weighted by atomic mass is 16.6. The van der Waals surface area contributed by atoms with E-state index in [2.05, 4.69) is 5.32 Å². The minimum Gasteiger partial charge on any atom is -0.444 e. The molecule has 0 unspecified atom stereocenters. The molecule has 0 aromatic heterocycles. The van der Waals surface area contributed by atoms with Crippen molar-refractivity contribution in [2.24, 2.45) is 0 Å². The van der Waals surface area contributed by atoms with Gasteiger partial charge in [0.05, 0.1) is 6.04 Å². The second-order valence-corrected chi connectivity index (χ2v) is 3.58. The number of aliphatic hydroxyl groups is 1. The number of carbonyl (C=O) groups excluding carboxylic acids is 1. The number of hydrogen-bond acceptors (Lipinski definition) is 3. The Morgan fingerprint density at radius 2 is 2.08 bits per heavy atom. The SMILES string of the molecule is C[C@@H]([CH]O)NC(=O)OC(C)(C)C. The number of hydrogen-bond donors (Lipinski definition) is 2. The predicted octanol–water partition coefficient (Wildman–Crippen LogP) is 1.43. The Balaban J connectivity index is 3.75. The van der Waals surface area contributed by atoms with Gasteiger partial charge in [0.15, 0.2) is 0 Å². The predicted molar refractivity (Wildman–Crippen MR) is 45.1 cm³/mol. The van der Waals surface area contributed by atoms with Crippen LogP contribution in [0.25, 0.3) is 0 Å². The molecule has 1 radical (unpaired) electrons. The summed E-state index contributed by atoms with van der Waals surface area (Å²) in [5.41, 5.74) is -0.501. The molecule has 0 saturated carbocycles. The minimum atomic E-state index is -0.528. The smallest absolute Gasteiger partial charge is 0.407 e. The van der Waals surface area contributed by atoms with Gasteiger partial charge in [0.25, 0.3) is 0 Å². The van der Waals surface area contributed by atoms with Crippen molar-refractivity contribution in [3.8, 4) is 0 Å². The first kappa shape index (κ1) is 11.2. The third-order valence-electron chi connectivity index (χ3n) is 0.968.